The van der Waals surface area contributed by atoms with Crippen molar-refractivity contribution in [1.29, 1.82) is 0 Å². The molecule has 0 saturated carbocycles. The molecule has 2 rings (SSSR count). The van der Waals surface area contributed by atoms with E-state index in [0.29, 0.717) is 0 Å². The number of hydrogen-bond donors (Lipinski definition) is 1. The van der Waals surface area contributed by atoms with Gasteiger partial charge in [-0.1, -0.05) is 19.1 Å². The Morgan fingerprint density at radius 1 is 1.50 bits per heavy atom. The molecule has 1 atom stereocenters. The summed E-state index contributed by atoms with van der Waals surface area (Å²) in [5, 5.41) is 4.79. The molecule has 0 radical (unpaired) electrons. The summed E-state index contributed by atoms with van der Waals surface area (Å²) in [5.41, 5.74) is 0. The van der Waals surface area contributed by atoms with E-state index in [0.717, 1.165) is 25.4 Å². The summed E-state index contributed by atoms with van der Waals surface area (Å²) < 4.78 is 0. The van der Waals surface area contributed by atoms with Crippen molar-refractivity contribution in [2.24, 2.45) is 5.92 Å². The van der Waals surface area contributed by atoms with E-state index >= 15 is 0 Å². The molecule has 1 aromatic rings. The zero-order valence-corrected chi connectivity index (χ0v) is 10.7. The first-order chi connectivity index (χ1) is 7.88. The van der Waals surface area contributed by atoms with E-state index in [4.69, 9.17) is 0 Å². The van der Waals surface area contributed by atoms with Crippen molar-refractivity contribution in [3.05, 3.63) is 28.2 Å². The van der Waals surface area contributed by atoms with Crippen LogP contribution in [0.4, 0.5) is 0 Å². The lowest BCUT2D eigenvalue weighted by atomic mass is 9.94. The van der Waals surface area contributed by atoms with E-state index in [1.807, 2.05) is 17.5 Å². The highest BCUT2D eigenvalue weighted by molar-refractivity contribution is 7.11. The Morgan fingerprint density at radius 3 is 3.12 bits per heavy atom. The Kier molecular flexibility index (Phi) is 4.55. The van der Waals surface area contributed by atoms with Gasteiger partial charge in [-0.15, -0.1) is 11.3 Å². The lowest BCUT2D eigenvalue weighted by Crippen LogP contribution is -2.22. The van der Waals surface area contributed by atoms with E-state index in [2.05, 4.69) is 29.4 Å². The maximum absolute atomic E-state index is 4.37. The fourth-order valence-corrected chi connectivity index (χ4v) is 2.87. The largest absolute Gasteiger partial charge is 0.312 e. The number of hydrogen-bond acceptors (Lipinski definition) is 3. The van der Waals surface area contributed by atoms with E-state index < -0.39 is 0 Å². The van der Waals surface area contributed by atoms with Crippen molar-refractivity contribution in [3.8, 4) is 0 Å². The summed E-state index contributed by atoms with van der Waals surface area (Å²) in [6, 6.07) is 0. The Morgan fingerprint density at radius 2 is 2.44 bits per heavy atom. The standard InChI is InChI=1S/C13H20N2S/c1-2-13-15-10-12(16-13)9-14-8-11-6-4-3-5-7-11/h3-4,10-11,14H,2,5-9H2,1H3. The van der Waals surface area contributed by atoms with Crippen molar-refractivity contribution in [2.75, 3.05) is 6.54 Å². The third-order valence-corrected chi connectivity index (χ3v) is 4.16. The molecule has 1 aromatic heterocycles. The van der Waals surface area contributed by atoms with E-state index in [9.17, 15) is 0 Å². The monoisotopic (exact) mass is 236 g/mol. The number of aryl methyl sites for hydroxylation is 1. The highest BCUT2D eigenvalue weighted by Crippen LogP contribution is 2.17. The number of thiazole rings is 1. The van der Waals surface area contributed by atoms with Crippen molar-refractivity contribution in [3.63, 3.8) is 0 Å². The van der Waals surface area contributed by atoms with Crippen LogP contribution >= 0.6 is 11.3 Å². The van der Waals surface area contributed by atoms with Gasteiger partial charge in [0, 0.05) is 17.6 Å². The fraction of sp³-hybridized carbons (Fsp3) is 0.615. The molecule has 1 heterocycles. The Balaban J connectivity index is 1.69. The van der Waals surface area contributed by atoms with Gasteiger partial charge < -0.3 is 5.32 Å². The Hall–Kier alpha value is -0.670. The number of allylic oxidation sites excluding steroid dienone is 2. The highest BCUT2D eigenvalue weighted by atomic mass is 32.1. The smallest absolute Gasteiger partial charge is 0.0925 e. The number of rotatable bonds is 5. The molecule has 0 saturated heterocycles. The Labute approximate surface area is 102 Å². The predicted molar refractivity (Wildman–Crippen MR) is 69.7 cm³/mol. The van der Waals surface area contributed by atoms with Gasteiger partial charge in [-0.2, -0.15) is 0 Å². The second-order valence-corrected chi connectivity index (χ2v) is 5.55. The molecule has 1 N–H and O–H groups in total. The van der Waals surface area contributed by atoms with Gasteiger partial charge in [0.1, 0.15) is 0 Å². The molecule has 0 fully saturated rings. The number of nitrogens with one attached hydrogen (secondary N) is 1. The maximum Gasteiger partial charge on any atom is 0.0925 e. The predicted octanol–water partition coefficient (Wildman–Crippen LogP) is 3.15. The van der Waals surface area contributed by atoms with Gasteiger partial charge >= 0.3 is 0 Å². The SMILES string of the molecule is CCc1ncc(CNCC2CC=CCC2)s1. The molecule has 0 amide bonds. The fourth-order valence-electron chi connectivity index (χ4n) is 2.03. The topological polar surface area (TPSA) is 24.9 Å². The average Bonchev–Trinajstić information content (AvgIpc) is 2.78. The summed E-state index contributed by atoms with van der Waals surface area (Å²) in [4.78, 5) is 5.73. The van der Waals surface area contributed by atoms with Crippen LogP contribution in [0.1, 0.15) is 36.1 Å². The lowest BCUT2D eigenvalue weighted by molar-refractivity contribution is 0.441. The van der Waals surface area contributed by atoms with Gasteiger partial charge in [0.25, 0.3) is 0 Å². The molecule has 0 aliphatic heterocycles. The lowest BCUT2D eigenvalue weighted by Gasteiger charge is -2.17. The molecule has 0 spiro atoms. The van der Waals surface area contributed by atoms with Crippen LogP contribution in [0.15, 0.2) is 18.3 Å². The molecule has 1 aliphatic carbocycles. The maximum atomic E-state index is 4.37. The first-order valence-electron chi connectivity index (χ1n) is 6.17. The zero-order chi connectivity index (χ0) is 11.2. The molecule has 0 aromatic carbocycles. The van der Waals surface area contributed by atoms with Gasteiger partial charge in [-0.05, 0) is 38.1 Å². The van der Waals surface area contributed by atoms with Crippen LogP contribution in [0, 0.1) is 5.92 Å². The summed E-state index contributed by atoms with van der Waals surface area (Å²) >= 11 is 1.83. The van der Waals surface area contributed by atoms with Crippen molar-refractivity contribution in [2.45, 2.75) is 39.2 Å². The molecule has 1 aliphatic rings. The third kappa shape index (κ3) is 3.42. The van der Waals surface area contributed by atoms with Crippen molar-refractivity contribution < 1.29 is 0 Å². The normalized spacial score (nSPS) is 20.2. The molecule has 2 nitrogen and oxygen atoms in total. The number of aromatic nitrogens is 1. The third-order valence-electron chi connectivity index (χ3n) is 3.01. The second-order valence-electron chi connectivity index (χ2n) is 4.36. The van der Waals surface area contributed by atoms with E-state index in [1.165, 1.54) is 29.1 Å². The first-order valence-corrected chi connectivity index (χ1v) is 6.99. The molecular weight excluding hydrogens is 216 g/mol. The summed E-state index contributed by atoms with van der Waals surface area (Å²) in [5.74, 6) is 0.837. The van der Waals surface area contributed by atoms with Gasteiger partial charge in [-0.25, -0.2) is 4.98 Å². The summed E-state index contributed by atoms with van der Waals surface area (Å²) in [7, 11) is 0. The van der Waals surface area contributed by atoms with E-state index in [1.54, 1.807) is 0 Å². The summed E-state index contributed by atoms with van der Waals surface area (Å²) in [6.45, 7) is 4.28. The molecule has 1 unspecified atom stereocenters. The summed E-state index contributed by atoms with van der Waals surface area (Å²) in [6.07, 6.45) is 11.5. The highest BCUT2D eigenvalue weighted by Gasteiger charge is 2.09. The minimum Gasteiger partial charge on any atom is -0.312 e. The van der Waals surface area contributed by atoms with Gasteiger partial charge in [0.2, 0.25) is 0 Å². The van der Waals surface area contributed by atoms with Crippen LogP contribution in [-0.4, -0.2) is 11.5 Å². The first kappa shape index (κ1) is 11.8. The van der Waals surface area contributed by atoms with Crippen LogP contribution in [0.2, 0.25) is 0 Å². The number of nitrogens with zero attached hydrogens (tertiary/aromatic N) is 1. The zero-order valence-electron chi connectivity index (χ0n) is 9.91. The second kappa shape index (κ2) is 6.16. The van der Waals surface area contributed by atoms with Crippen LogP contribution in [0.3, 0.4) is 0 Å². The van der Waals surface area contributed by atoms with Crippen LogP contribution < -0.4 is 5.32 Å². The molecule has 3 heteroatoms. The van der Waals surface area contributed by atoms with Crippen LogP contribution in [-0.2, 0) is 13.0 Å². The van der Waals surface area contributed by atoms with Crippen LogP contribution in [0.25, 0.3) is 0 Å². The quantitative estimate of drug-likeness (QED) is 0.794. The van der Waals surface area contributed by atoms with Crippen LogP contribution in [0.5, 0.6) is 0 Å². The van der Waals surface area contributed by atoms with Crippen molar-refractivity contribution in [1.82, 2.24) is 10.3 Å². The molecule has 0 bridgehead atoms. The Bertz CT molecular complexity index is 343. The van der Waals surface area contributed by atoms with E-state index in [-0.39, 0.29) is 0 Å². The van der Waals surface area contributed by atoms with Gasteiger partial charge in [0.15, 0.2) is 0 Å². The van der Waals surface area contributed by atoms with Gasteiger partial charge in [-0.3, -0.25) is 0 Å². The minimum atomic E-state index is 0.837. The van der Waals surface area contributed by atoms with Gasteiger partial charge in [0.05, 0.1) is 5.01 Å². The molecule has 16 heavy (non-hydrogen) atoms. The average molecular weight is 236 g/mol. The van der Waals surface area contributed by atoms with Crippen molar-refractivity contribution >= 4 is 11.3 Å². The molecular formula is C13H20N2S. The minimum absolute atomic E-state index is 0.837. The molecule has 88 valence electrons.